The fourth-order valence-electron chi connectivity index (χ4n) is 13.3. The standard InChI is InChI=1S/2C46H54O2S4/c2*1-43(2,3)29-23-27(24-30(41(29)47-13)44(4,5)6)33-15-17-35(49-33)37-19-21-39(51-37)40-22-20-38(52-40)36-18-16-34(50-36)28-25-31(45(7,8)9)42(48-14)32(26-28)46(10,11)12/h2*15-26H,1-14H3. The average Bonchev–Trinajstić information content (AvgIpc) is 1.12. The molecule has 8 aromatic heterocycles. The highest BCUT2D eigenvalue weighted by atomic mass is 32.1. The number of rotatable bonds is 14. The number of hydrogen-bond acceptors (Lipinski definition) is 12. The summed E-state index contributed by atoms with van der Waals surface area (Å²) in [7, 11) is 7.22. The van der Waals surface area contributed by atoms with Crippen molar-refractivity contribution in [3.63, 3.8) is 0 Å². The van der Waals surface area contributed by atoms with Crippen molar-refractivity contribution >= 4 is 90.7 Å². The van der Waals surface area contributed by atoms with Gasteiger partial charge in [-0.05, 0) is 211 Å². The zero-order chi connectivity index (χ0) is 75.9. The Morgan fingerprint density at radius 2 is 0.260 bits per heavy atom. The van der Waals surface area contributed by atoms with E-state index in [2.05, 4.69) is 312 Å². The summed E-state index contributed by atoms with van der Waals surface area (Å²) in [6.45, 7) is 54.5. The predicted molar refractivity (Wildman–Crippen MR) is 466 cm³/mol. The van der Waals surface area contributed by atoms with E-state index in [1.807, 2.05) is 90.7 Å². The highest BCUT2D eigenvalue weighted by Gasteiger charge is 2.34. The van der Waals surface area contributed by atoms with Crippen LogP contribution >= 0.6 is 90.7 Å². The maximum Gasteiger partial charge on any atom is 0.126 e. The summed E-state index contributed by atoms with van der Waals surface area (Å²) in [4.78, 5) is 20.9. The molecular weight excluding hydrogens is 1430 g/mol. The summed E-state index contributed by atoms with van der Waals surface area (Å²) in [5, 5.41) is 0. The second-order valence-corrected chi connectivity index (χ2v) is 44.4. The predicted octanol–water partition coefficient (Wildman–Crippen LogP) is 30.9. The molecule has 0 N–H and O–H groups in total. The zero-order valence-corrected chi connectivity index (χ0v) is 73.3. The van der Waals surface area contributed by atoms with Crippen LogP contribution in [-0.2, 0) is 43.3 Å². The third-order valence-electron chi connectivity index (χ3n) is 19.1. The van der Waals surface area contributed by atoms with E-state index in [1.54, 1.807) is 28.4 Å². The normalized spacial score (nSPS) is 12.8. The quantitative estimate of drug-likeness (QED) is 0.109. The number of thiophene rings is 8. The molecule has 548 valence electrons. The van der Waals surface area contributed by atoms with E-state index in [9.17, 15) is 0 Å². The van der Waals surface area contributed by atoms with Crippen molar-refractivity contribution in [1.29, 1.82) is 0 Å². The summed E-state index contributed by atoms with van der Waals surface area (Å²) in [5.41, 5.74) is 14.8. The lowest BCUT2D eigenvalue weighted by Gasteiger charge is -2.30. The average molecular weight is 1530 g/mol. The summed E-state index contributed by atoms with van der Waals surface area (Å²) in [5.74, 6) is 4.07. The van der Waals surface area contributed by atoms with Gasteiger partial charge >= 0.3 is 0 Å². The van der Waals surface area contributed by atoms with E-state index in [-0.39, 0.29) is 43.3 Å². The van der Waals surface area contributed by atoms with Crippen molar-refractivity contribution in [1.82, 2.24) is 0 Å². The van der Waals surface area contributed by atoms with Crippen LogP contribution in [0.3, 0.4) is 0 Å². The first-order chi connectivity index (χ1) is 48.4. The zero-order valence-electron chi connectivity index (χ0n) is 66.8. The van der Waals surface area contributed by atoms with Crippen LogP contribution < -0.4 is 18.9 Å². The molecule has 104 heavy (non-hydrogen) atoms. The van der Waals surface area contributed by atoms with Crippen LogP contribution in [0.5, 0.6) is 23.0 Å². The Morgan fingerprint density at radius 3 is 0.356 bits per heavy atom. The van der Waals surface area contributed by atoms with Crippen molar-refractivity contribution in [3.05, 3.63) is 190 Å². The molecule has 4 nitrogen and oxygen atoms in total. The Hall–Kier alpha value is -6.32. The van der Waals surface area contributed by atoms with Gasteiger partial charge in [-0.1, -0.05) is 166 Å². The molecule has 0 amide bonds. The SMILES string of the molecule is COc1c(C(C)(C)C)cc(-c2ccc(-c3ccc(-c4ccc(-c5ccc(-c6cc(C(C)(C)C)c(OC)c(C(C)(C)C)c6)s5)s4)s3)s2)cc1C(C)(C)C.COc1c(C(C)(C)C)cc(-c2ccc(-c3ccc(-c4ccc(-c5ccc(-c6cc(C(C)(C)C)c(OC)c(C(C)(C)C)c6)s5)s4)s3)s2)cc1C(C)(C)C. The summed E-state index contributed by atoms with van der Waals surface area (Å²) < 4.78 is 24.1. The molecular formula is C92H108O4S8. The first kappa shape index (κ1) is 78.7. The van der Waals surface area contributed by atoms with Gasteiger partial charge in [0.1, 0.15) is 23.0 Å². The Balaban J connectivity index is 0.000000208. The van der Waals surface area contributed by atoms with Gasteiger partial charge in [-0.3, -0.25) is 0 Å². The number of benzene rings is 4. The largest absolute Gasteiger partial charge is 0.496 e. The third-order valence-corrected chi connectivity index (χ3v) is 29.1. The molecule has 0 aliphatic rings. The first-order valence-corrected chi connectivity index (χ1v) is 42.7. The van der Waals surface area contributed by atoms with Crippen LogP contribution in [0.25, 0.3) is 100 Å². The van der Waals surface area contributed by atoms with Gasteiger partial charge in [0.05, 0.1) is 28.4 Å². The number of methoxy groups -OCH3 is 4. The lowest BCUT2D eigenvalue weighted by Crippen LogP contribution is -2.19. The minimum atomic E-state index is -0.0321. The summed E-state index contributed by atoms with van der Waals surface area (Å²) >= 11 is 15.0. The second-order valence-electron chi connectivity index (χ2n) is 35.7. The molecule has 0 bridgehead atoms. The van der Waals surface area contributed by atoms with E-state index >= 15 is 0 Å². The minimum absolute atomic E-state index is 0.0321. The molecule has 0 aliphatic carbocycles. The second kappa shape index (κ2) is 29.3. The highest BCUT2D eigenvalue weighted by molar-refractivity contribution is 7.30. The van der Waals surface area contributed by atoms with Gasteiger partial charge in [-0.2, -0.15) is 0 Å². The molecule has 4 aromatic carbocycles. The molecule has 8 heterocycles. The Kier molecular flexibility index (Phi) is 22.2. The fraction of sp³-hybridized carbons (Fsp3) is 0.391. The van der Waals surface area contributed by atoms with Gasteiger partial charge in [0, 0.05) is 123 Å². The van der Waals surface area contributed by atoms with Crippen molar-refractivity contribution in [2.24, 2.45) is 0 Å². The molecule has 0 unspecified atom stereocenters. The maximum absolute atomic E-state index is 6.03. The van der Waals surface area contributed by atoms with Crippen LogP contribution in [0.15, 0.2) is 146 Å². The lowest BCUT2D eigenvalue weighted by molar-refractivity contribution is 0.381. The summed E-state index contributed by atoms with van der Waals surface area (Å²) in [6.07, 6.45) is 0. The monoisotopic (exact) mass is 1530 g/mol. The van der Waals surface area contributed by atoms with Crippen molar-refractivity contribution in [2.45, 2.75) is 209 Å². The van der Waals surface area contributed by atoms with E-state index in [4.69, 9.17) is 18.9 Å². The van der Waals surface area contributed by atoms with Crippen LogP contribution in [0.2, 0.25) is 0 Å². The Labute approximate surface area is 655 Å². The molecule has 12 rings (SSSR count). The number of hydrogen-bond donors (Lipinski definition) is 0. The molecule has 0 spiro atoms. The van der Waals surface area contributed by atoms with Gasteiger partial charge in [0.15, 0.2) is 0 Å². The Morgan fingerprint density at radius 1 is 0.163 bits per heavy atom. The van der Waals surface area contributed by atoms with Crippen LogP contribution in [0.4, 0.5) is 0 Å². The van der Waals surface area contributed by atoms with E-state index in [0.717, 1.165) is 23.0 Å². The molecule has 0 fully saturated rings. The smallest absolute Gasteiger partial charge is 0.126 e. The van der Waals surface area contributed by atoms with Crippen LogP contribution in [0, 0.1) is 0 Å². The molecule has 12 heteroatoms. The van der Waals surface area contributed by atoms with E-state index in [0.29, 0.717) is 0 Å². The van der Waals surface area contributed by atoms with E-state index < -0.39 is 0 Å². The number of ether oxygens (including phenoxy) is 4. The van der Waals surface area contributed by atoms with Gasteiger partial charge < -0.3 is 18.9 Å². The van der Waals surface area contributed by atoms with Crippen LogP contribution in [-0.4, -0.2) is 28.4 Å². The van der Waals surface area contributed by atoms with Gasteiger partial charge in [0.2, 0.25) is 0 Å². The highest BCUT2D eigenvalue weighted by Crippen LogP contribution is 2.53. The van der Waals surface area contributed by atoms with Gasteiger partial charge in [-0.15, -0.1) is 90.7 Å². The van der Waals surface area contributed by atoms with Crippen molar-refractivity contribution in [3.8, 4) is 123 Å². The molecule has 12 aromatic rings. The first-order valence-electron chi connectivity index (χ1n) is 36.1. The molecule has 0 aliphatic heterocycles. The van der Waals surface area contributed by atoms with Crippen LogP contribution in [0.1, 0.15) is 211 Å². The maximum atomic E-state index is 6.03. The van der Waals surface area contributed by atoms with Crippen molar-refractivity contribution in [2.75, 3.05) is 28.4 Å². The molecule has 0 saturated carbocycles. The molecule has 0 atom stereocenters. The Bertz CT molecular complexity index is 4270. The van der Waals surface area contributed by atoms with Gasteiger partial charge in [0.25, 0.3) is 0 Å². The van der Waals surface area contributed by atoms with E-state index in [1.165, 1.54) is 145 Å². The van der Waals surface area contributed by atoms with Gasteiger partial charge in [-0.25, -0.2) is 0 Å². The molecule has 0 radical (unpaired) electrons. The third kappa shape index (κ3) is 16.8. The van der Waals surface area contributed by atoms with Crippen molar-refractivity contribution < 1.29 is 18.9 Å². The fourth-order valence-corrected chi connectivity index (χ4v) is 21.9. The lowest BCUT2D eigenvalue weighted by atomic mass is 9.78. The molecule has 0 saturated heterocycles. The topological polar surface area (TPSA) is 36.9 Å². The summed E-state index contributed by atoms with van der Waals surface area (Å²) in [6, 6.07) is 55.3. The minimum Gasteiger partial charge on any atom is -0.496 e.